The number of alkyl halides is 1. The Hall–Kier alpha value is -4.85. The van der Waals surface area contributed by atoms with Crippen molar-refractivity contribution < 1.29 is 9.18 Å². The topological polar surface area (TPSA) is 95.8 Å². The van der Waals surface area contributed by atoms with Gasteiger partial charge in [0.2, 0.25) is 0 Å². The molecule has 0 aliphatic heterocycles. The third-order valence-corrected chi connectivity index (χ3v) is 6.39. The highest BCUT2D eigenvalue weighted by Crippen LogP contribution is 2.29. The van der Waals surface area contributed by atoms with Gasteiger partial charge in [-0.1, -0.05) is 54.6 Å². The number of rotatable bonds is 8. The van der Waals surface area contributed by atoms with Crippen molar-refractivity contribution in [3.8, 4) is 33.4 Å². The summed E-state index contributed by atoms with van der Waals surface area (Å²) < 4.78 is 16.4. The molecule has 2 aromatic carbocycles. The van der Waals surface area contributed by atoms with E-state index >= 15 is 0 Å². The first-order valence-corrected chi connectivity index (χ1v) is 12.2. The van der Waals surface area contributed by atoms with Crippen molar-refractivity contribution in [1.29, 1.82) is 0 Å². The molecule has 0 fully saturated rings. The first-order valence-electron chi connectivity index (χ1n) is 12.2. The minimum absolute atomic E-state index is 0.0346. The van der Waals surface area contributed by atoms with E-state index in [0.29, 0.717) is 16.9 Å². The molecular formula is C30H26FN5O2. The first-order chi connectivity index (χ1) is 18.4. The molecule has 0 aliphatic carbocycles. The van der Waals surface area contributed by atoms with E-state index in [9.17, 15) is 14.0 Å². The molecule has 3 aromatic heterocycles. The number of halogens is 1. The van der Waals surface area contributed by atoms with Gasteiger partial charge in [0.15, 0.2) is 11.2 Å². The van der Waals surface area contributed by atoms with Crippen molar-refractivity contribution in [2.24, 2.45) is 7.05 Å². The molecule has 38 heavy (non-hydrogen) atoms. The number of anilines is 1. The van der Waals surface area contributed by atoms with Crippen LogP contribution in [0.5, 0.6) is 0 Å². The number of aryl methyl sites for hydroxylation is 2. The maximum Gasteiger partial charge on any atom is 0.200 e. The number of nitrogen functional groups attached to an aromatic ring is 1. The number of benzene rings is 2. The Morgan fingerprint density at radius 1 is 0.895 bits per heavy atom. The first kappa shape index (κ1) is 24.8. The summed E-state index contributed by atoms with van der Waals surface area (Å²) in [7, 11) is 1.85. The number of carbonyl (C=O) groups is 1. The molecule has 5 rings (SSSR count). The lowest BCUT2D eigenvalue weighted by molar-refractivity contribution is 0.0991. The number of ketones is 1. The van der Waals surface area contributed by atoms with Crippen molar-refractivity contribution in [1.82, 2.24) is 19.3 Å². The summed E-state index contributed by atoms with van der Waals surface area (Å²) in [5.41, 5.74) is 11.1. The smallest absolute Gasteiger partial charge is 0.200 e. The molecule has 0 radical (unpaired) electrons. The van der Waals surface area contributed by atoms with E-state index in [1.165, 1.54) is 6.20 Å². The van der Waals surface area contributed by atoms with Crippen LogP contribution in [0.1, 0.15) is 15.9 Å². The van der Waals surface area contributed by atoms with Crippen molar-refractivity contribution in [2.75, 3.05) is 12.4 Å². The van der Waals surface area contributed by atoms with Gasteiger partial charge in [-0.2, -0.15) is 5.10 Å². The number of carbonyl (C=O) groups excluding carboxylic acids is 1. The fraction of sp³-hybridized carbons (Fsp3) is 0.133. The fourth-order valence-electron chi connectivity index (χ4n) is 4.40. The molecular weight excluding hydrogens is 481 g/mol. The van der Waals surface area contributed by atoms with Gasteiger partial charge in [0, 0.05) is 60.5 Å². The zero-order chi connectivity index (χ0) is 26.6. The highest BCUT2D eigenvalue weighted by atomic mass is 19.1. The van der Waals surface area contributed by atoms with Crippen LogP contribution in [-0.2, 0) is 20.0 Å². The second kappa shape index (κ2) is 10.6. The summed E-state index contributed by atoms with van der Waals surface area (Å²) >= 11 is 0. The van der Waals surface area contributed by atoms with Gasteiger partial charge in [-0.15, -0.1) is 0 Å². The Labute approximate surface area is 219 Å². The molecule has 0 aliphatic rings. The van der Waals surface area contributed by atoms with Crippen LogP contribution in [0.15, 0.2) is 96.4 Å². The third kappa shape index (κ3) is 5.15. The predicted molar refractivity (Wildman–Crippen MR) is 146 cm³/mol. The van der Waals surface area contributed by atoms with E-state index in [1.54, 1.807) is 40.0 Å². The normalized spacial score (nSPS) is 11.0. The highest BCUT2D eigenvalue weighted by Gasteiger charge is 2.17. The zero-order valence-corrected chi connectivity index (χ0v) is 20.8. The molecule has 190 valence electrons. The molecule has 0 bridgehead atoms. The maximum atomic E-state index is 13.2. The SMILES string of the molecule is Cn1cc(-c2cnc(N)c(-c3ccc(CC(=O)c4cn(CCF)cc(-c5ccccc5)c4=O)cc3)c2)cn1. The Balaban J connectivity index is 1.42. The van der Waals surface area contributed by atoms with Crippen molar-refractivity contribution in [3.63, 3.8) is 0 Å². The van der Waals surface area contributed by atoms with Crippen LogP contribution in [-0.4, -0.2) is 31.8 Å². The summed E-state index contributed by atoms with van der Waals surface area (Å²) in [5, 5.41) is 4.21. The van der Waals surface area contributed by atoms with Gasteiger partial charge in [-0.05, 0) is 22.8 Å². The average molecular weight is 508 g/mol. The van der Waals surface area contributed by atoms with Crippen LogP contribution < -0.4 is 11.2 Å². The molecule has 0 amide bonds. The second-order valence-corrected chi connectivity index (χ2v) is 9.06. The second-order valence-electron chi connectivity index (χ2n) is 9.06. The van der Waals surface area contributed by atoms with Crippen molar-refractivity contribution in [3.05, 3.63) is 113 Å². The van der Waals surface area contributed by atoms with E-state index in [1.807, 2.05) is 61.8 Å². The van der Waals surface area contributed by atoms with Gasteiger partial charge in [0.1, 0.15) is 12.5 Å². The molecule has 0 spiro atoms. The summed E-state index contributed by atoms with van der Waals surface area (Å²) in [6, 6.07) is 18.5. The van der Waals surface area contributed by atoms with Crippen molar-refractivity contribution in [2.45, 2.75) is 13.0 Å². The van der Waals surface area contributed by atoms with E-state index < -0.39 is 6.67 Å². The van der Waals surface area contributed by atoms with Crippen molar-refractivity contribution >= 4 is 11.6 Å². The lowest BCUT2D eigenvalue weighted by Crippen LogP contribution is -2.21. The summed E-state index contributed by atoms with van der Waals surface area (Å²) in [6.07, 6.45) is 8.46. The number of nitrogens with zero attached hydrogens (tertiary/aromatic N) is 4. The zero-order valence-electron chi connectivity index (χ0n) is 20.8. The number of aromatic nitrogens is 4. The Morgan fingerprint density at radius 2 is 1.63 bits per heavy atom. The fourth-order valence-corrected chi connectivity index (χ4v) is 4.40. The number of hydrogen-bond acceptors (Lipinski definition) is 5. The predicted octanol–water partition coefficient (Wildman–Crippen LogP) is 4.95. The Morgan fingerprint density at radius 3 is 2.32 bits per heavy atom. The van der Waals surface area contributed by atoms with Crippen LogP contribution in [0.2, 0.25) is 0 Å². The van der Waals surface area contributed by atoms with Gasteiger partial charge in [0.25, 0.3) is 0 Å². The van der Waals surface area contributed by atoms with Crippen LogP contribution in [0.25, 0.3) is 33.4 Å². The number of nitrogens with two attached hydrogens (primary N) is 1. The molecule has 0 unspecified atom stereocenters. The largest absolute Gasteiger partial charge is 0.383 e. The minimum atomic E-state index is -0.605. The van der Waals surface area contributed by atoms with E-state index in [-0.39, 0.29) is 29.7 Å². The van der Waals surface area contributed by atoms with Crippen LogP contribution in [0, 0.1) is 0 Å². The van der Waals surface area contributed by atoms with Crippen LogP contribution in [0.3, 0.4) is 0 Å². The molecule has 8 heteroatoms. The minimum Gasteiger partial charge on any atom is -0.383 e. The van der Waals surface area contributed by atoms with Gasteiger partial charge in [-0.3, -0.25) is 14.3 Å². The summed E-state index contributed by atoms with van der Waals surface area (Å²) in [6.45, 7) is -0.547. The molecule has 7 nitrogen and oxygen atoms in total. The summed E-state index contributed by atoms with van der Waals surface area (Å²) in [5.74, 6) is 0.0699. The molecule has 2 N–H and O–H groups in total. The van der Waals surface area contributed by atoms with E-state index in [0.717, 1.165) is 27.8 Å². The Kier molecular flexibility index (Phi) is 6.95. The molecule has 0 atom stereocenters. The van der Waals surface area contributed by atoms with E-state index in [2.05, 4.69) is 10.1 Å². The molecule has 0 saturated carbocycles. The van der Waals surface area contributed by atoms with Gasteiger partial charge < -0.3 is 10.3 Å². The standard InChI is InChI=1S/C30H26FN5O2/c1-35-17-24(16-34-35)23-14-25(30(32)33-15-23)22-9-7-20(8-10-22)13-28(37)27-19-36(12-11-31)18-26(29(27)38)21-5-3-2-4-6-21/h2-10,14-19H,11-13H2,1H3,(H2,32,33). The average Bonchev–Trinajstić information content (AvgIpc) is 3.37. The van der Waals surface area contributed by atoms with Crippen LogP contribution >= 0.6 is 0 Å². The summed E-state index contributed by atoms with van der Waals surface area (Å²) in [4.78, 5) is 30.8. The molecule has 5 aromatic rings. The van der Waals surface area contributed by atoms with Gasteiger partial charge >= 0.3 is 0 Å². The number of pyridine rings is 2. The van der Waals surface area contributed by atoms with Crippen LogP contribution in [0.4, 0.5) is 10.2 Å². The lowest BCUT2D eigenvalue weighted by Gasteiger charge is -2.11. The lowest BCUT2D eigenvalue weighted by atomic mass is 9.97. The monoisotopic (exact) mass is 507 g/mol. The Bertz CT molecular complexity index is 1660. The van der Waals surface area contributed by atoms with Gasteiger partial charge in [0.05, 0.1) is 18.3 Å². The quantitative estimate of drug-likeness (QED) is 0.300. The van der Waals surface area contributed by atoms with Gasteiger partial charge in [-0.25, -0.2) is 9.37 Å². The molecule has 0 saturated heterocycles. The third-order valence-electron chi connectivity index (χ3n) is 6.39. The highest BCUT2D eigenvalue weighted by molar-refractivity contribution is 5.98. The number of Topliss-reactive ketones (excluding diaryl/α,β-unsaturated/α-hetero) is 1. The molecule has 3 heterocycles. The maximum absolute atomic E-state index is 13.2. The van der Waals surface area contributed by atoms with E-state index in [4.69, 9.17) is 5.73 Å². The number of hydrogen-bond donors (Lipinski definition) is 1.